The van der Waals surface area contributed by atoms with Crippen LogP contribution in [0.3, 0.4) is 0 Å². The second kappa shape index (κ2) is 12.4. The number of carbonyl (C=O) groups excluding carboxylic acids is 4. The molecule has 186 valence electrons. The summed E-state index contributed by atoms with van der Waals surface area (Å²) in [4.78, 5) is 64.5. The van der Waals surface area contributed by atoms with Gasteiger partial charge in [-0.1, -0.05) is 0 Å². The number of hydrogen-bond donors (Lipinski definition) is 7. The Morgan fingerprint density at radius 1 is 0.909 bits per heavy atom. The molecule has 0 aromatic rings. The normalized spacial score (nSPS) is 23.0. The average molecular weight is 506 g/mol. The SMILES string of the molecule is N[C@@H](CS)C(=O)N1CCC[C@H]1C(=O)N[C@@H](CO)C(=O)N[C@@H](CS)C(=O)N1CCC[C@H]1C(=O)O. The molecule has 2 fully saturated rings. The lowest BCUT2D eigenvalue weighted by Crippen LogP contribution is -2.59. The zero-order valence-corrected chi connectivity index (χ0v) is 19.8. The Hall–Kier alpha value is -2.03. The van der Waals surface area contributed by atoms with E-state index >= 15 is 0 Å². The van der Waals surface area contributed by atoms with Gasteiger partial charge in [0.15, 0.2) is 0 Å². The quantitative estimate of drug-likeness (QED) is 0.155. The smallest absolute Gasteiger partial charge is 0.326 e. The van der Waals surface area contributed by atoms with E-state index in [9.17, 15) is 34.2 Å². The van der Waals surface area contributed by atoms with Crippen molar-refractivity contribution in [3.05, 3.63) is 0 Å². The Bertz CT molecular complexity index is 771. The fourth-order valence-corrected chi connectivity index (χ4v) is 4.41. The first kappa shape index (κ1) is 27.2. The van der Waals surface area contributed by atoms with Gasteiger partial charge in [-0.25, -0.2) is 4.79 Å². The third-order valence-electron chi connectivity index (χ3n) is 5.79. The molecule has 2 rings (SSSR count). The molecule has 0 radical (unpaired) electrons. The van der Waals surface area contributed by atoms with Crippen LogP contribution >= 0.6 is 25.3 Å². The van der Waals surface area contributed by atoms with Gasteiger partial charge in [0.1, 0.15) is 24.2 Å². The second-order valence-corrected chi connectivity index (χ2v) is 8.72. The van der Waals surface area contributed by atoms with Crippen LogP contribution in [0.1, 0.15) is 25.7 Å². The Morgan fingerprint density at radius 2 is 1.48 bits per heavy atom. The van der Waals surface area contributed by atoms with Gasteiger partial charge >= 0.3 is 5.97 Å². The molecule has 5 atom stereocenters. The molecule has 14 heteroatoms. The molecule has 6 N–H and O–H groups in total. The van der Waals surface area contributed by atoms with Crippen LogP contribution in [0.2, 0.25) is 0 Å². The number of carbonyl (C=O) groups is 5. The Balaban J connectivity index is 2.02. The van der Waals surface area contributed by atoms with E-state index in [1.54, 1.807) is 0 Å². The lowest BCUT2D eigenvalue weighted by atomic mass is 10.1. The molecule has 2 aliphatic heterocycles. The number of carboxylic acid groups (broad SMARTS) is 1. The number of carboxylic acids is 1. The van der Waals surface area contributed by atoms with Crippen molar-refractivity contribution in [2.45, 2.75) is 55.9 Å². The second-order valence-electron chi connectivity index (χ2n) is 7.99. The largest absolute Gasteiger partial charge is 0.480 e. The maximum Gasteiger partial charge on any atom is 0.326 e. The molecule has 0 aromatic heterocycles. The molecule has 0 saturated carbocycles. The first-order valence-electron chi connectivity index (χ1n) is 10.7. The summed E-state index contributed by atoms with van der Waals surface area (Å²) < 4.78 is 0. The molecule has 0 aliphatic carbocycles. The fourth-order valence-electron chi connectivity index (χ4n) is 4.00. The molecular weight excluding hydrogens is 474 g/mol. The summed E-state index contributed by atoms with van der Waals surface area (Å²) >= 11 is 8.09. The summed E-state index contributed by atoms with van der Waals surface area (Å²) in [5.74, 6) is -3.59. The highest BCUT2D eigenvalue weighted by Gasteiger charge is 2.39. The van der Waals surface area contributed by atoms with Crippen molar-refractivity contribution in [1.82, 2.24) is 20.4 Å². The predicted molar refractivity (Wildman–Crippen MR) is 124 cm³/mol. The molecule has 0 spiro atoms. The number of nitrogens with one attached hydrogen (secondary N) is 2. The van der Waals surface area contributed by atoms with Crippen molar-refractivity contribution in [2.24, 2.45) is 5.73 Å². The summed E-state index contributed by atoms with van der Waals surface area (Å²) in [6.07, 6.45) is 1.80. The molecule has 2 aliphatic rings. The van der Waals surface area contributed by atoms with E-state index in [2.05, 4.69) is 35.9 Å². The zero-order valence-electron chi connectivity index (χ0n) is 18.1. The van der Waals surface area contributed by atoms with Crippen LogP contribution in [0.5, 0.6) is 0 Å². The number of nitrogens with zero attached hydrogens (tertiary/aromatic N) is 2. The number of thiol groups is 2. The maximum absolute atomic E-state index is 12.8. The van der Waals surface area contributed by atoms with E-state index < -0.39 is 66.4 Å². The Morgan fingerprint density at radius 3 is 2.00 bits per heavy atom. The van der Waals surface area contributed by atoms with E-state index in [4.69, 9.17) is 5.73 Å². The molecule has 33 heavy (non-hydrogen) atoms. The number of likely N-dealkylation sites (tertiary alicyclic amines) is 2. The molecule has 0 aromatic carbocycles. The van der Waals surface area contributed by atoms with Gasteiger partial charge in [-0.15, -0.1) is 0 Å². The number of aliphatic hydroxyl groups excluding tert-OH is 1. The lowest BCUT2D eigenvalue weighted by Gasteiger charge is -2.29. The monoisotopic (exact) mass is 505 g/mol. The highest BCUT2D eigenvalue weighted by molar-refractivity contribution is 7.80. The number of hydrogen-bond acceptors (Lipinski definition) is 9. The third-order valence-corrected chi connectivity index (χ3v) is 6.54. The third kappa shape index (κ3) is 6.52. The van der Waals surface area contributed by atoms with Gasteiger partial charge < -0.3 is 36.4 Å². The number of rotatable bonds is 10. The summed E-state index contributed by atoms with van der Waals surface area (Å²) in [7, 11) is 0. The summed E-state index contributed by atoms with van der Waals surface area (Å²) in [5, 5.41) is 23.8. The van der Waals surface area contributed by atoms with Gasteiger partial charge in [0.25, 0.3) is 0 Å². The zero-order chi connectivity index (χ0) is 24.7. The minimum Gasteiger partial charge on any atom is -0.480 e. The summed E-state index contributed by atoms with van der Waals surface area (Å²) in [6, 6.07) is -5.18. The first-order valence-corrected chi connectivity index (χ1v) is 11.9. The summed E-state index contributed by atoms with van der Waals surface area (Å²) in [6.45, 7) is -0.162. The van der Waals surface area contributed by atoms with E-state index in [1.807, 2.05) is 0 Å². The van der Waals surface area contributed by atoms with Crippen molar-refractivity contribution in [3.63, 3.8) is 0 Å². The van der Waals surface area contributed by atoms with Crippen LogP contribution in [0.25, 0.3) is 0 Å². The van der Waals surface area contributed by atoms with Crippen LogP contribution < -0.4 is 16.4 Å². The standard InChI is InChI=1S/C19H31N5O7S2/c20-10(8-32)17(28)23-5-1-3-13(23)16(27)21-11(7-25)15(26)22-12(9-33)18(29)24-6-2-4-14(24)19(30)31/h10-14,25,32-33H,1-9,20H2,(H,21,27)(H,22,26)(H,30,31)/t10-,11-,12-,13-,14-/m0/s1. The van der Waals surface area contributed by atoms with E-state index in [0.717, 1.165) is 0 Å². The molecule has 2 heterocycles. The van der Waals surface area contributed by atoms with Gasteiger partial charge in [0, 0.05) is 24.6 Å². The Labute approximate surface area is 202 Å². The molecule has 12 nitrogen and oxygen atoms in total. The van der Waals surface area contributed by atoms with Crippen molar-refractivity contribution in [2.75, 3.05) is 31.2 Å². The van der Waals surface area contributed by atoms with Crippen LogP contribution in [-0.2, 0) is 24.0 Å². The highest BCUT2D eigenvalue weighted by atomic mass is 32.1. The van der Waals surface area contributed by atoms with Gasteiger partial charge in [-0.3, -0.25) is 19.2 Å². The summed E-state index contributed by atoms with van der Waals surface area (Å²) in [5.41, 5.74) is 5.73. The van der Waals surface area contributed by atoms with Crippen LogP contribution in [0, 0.1) is 0 Å². The molecule has 4 amide bonds. The molecule has 0 bridgehead atoms. The number of aliphatic carboxylic acids is 1. The van der Waals surface area contributed by atoms with Gasteiger partial charge in [-0.2, -0.15) is 25.3 Å². The van der Waals surface area contributed by atoms with Gasteiger partial charge in [-0.05, 0) is 25.7 Å². The van der Waals surface area contributed by atoms with Crippen LogP contribution in [0.15, 0.2) is 0 Å². The highest BCUT2D eigenvalue weighted by Crippen LogP contribution is 2.20. The van der Waals surface area contributed by atoms with Crippen molar-refractivity contribution in [1.29, 1.82) is 0 Å². The van der Waals surface area contributed by atoms with E-state index in [1.165, 1.54) is 9.80 Å². The maximum atomic E-state index is 12.8. The van der Waals surface area contributed by atoms with E-state index in [0.29, 0.717) is 32.2 Å². The number of nitrogens with two attached hydrogens (primary N) is 1. The number of aliphatic hydroxyl groups is 1. The molecule has 2 saturated heterocycles. The van der Waals surface area contributed by atoms with Gasteiger partial charge in [0.2, 0.25) is 23.6 Å². The first-order chi connectivity index (χ1) is 15.7. The number of amides is 4. The minimum absolute atomic E-state index is 0.105. The van der Waals surface area contributed by atoms with Crippen LogP contribution in [-0.4, -0.2) is 111 Å². The van der Waals surface area contributed by atoms with Crippen molar-refractivity contribution < 1.29 is 34.2 Å². The minimum atomic E-state index is -1.38. The van der Waals surface area contributed by atoms with Crippen molar-refractivity contribution in [3.8, 4) is 0 Å². The average Bonchev–Trinajstić information content (AvgIpc) is 3.49. The van der Waals surface area contributed by atoms with Gasteiger partial charge in [0.05, 0.1) is 12.6 Å². The topological polar surface area (TPSA) is 182 Å². The van der Waals surface area contributed by atoms with Crippen molar-refractivity contribution >= 4 is 54.9 Å². The lowest BCUT2D eigenvalue weighted by molar-refractivity contribution is -0.149. The molecule has 0 unspecified atom stereocenters. The Kier molecular flexibility index (Phi) is 10.3. The van der Waals surface area contributed by atoms with E-state index in [-0.39, 0.29) is 18.1 Å². The molecular formula is C19H31N5O7S2. The fraction of sp³-hybridized carbons (Fsp3) is 0.737. The van der Waals surface area contributed by atoms with Crippen LogP contribution in [0.4, 0.5) is 0 Å². The predicted octanol–water partition coefficient (Wildman–Crippen LogP) is -2.80.